The fourth-order valence-corrected chi connectivity index (χ4v) is 2.99. The summed E-state index contributed by atoms with van der Waals surface area (Å²) in [6, 6.07) is 17.1. The molecular formula is C19H22N2O2. The highest BCUT2D eigenvalue weighted by Gasteiger charge is 2.48. The molecule has 1 aliphatic carbocycles. The zero-order chi connectivity index (χ0) is 16.3. The lowest BCUT2D eigenvalue weighted by atomic mass is 9.92. The van der Waals surface area contributed by atoms with Gasteiger partial charge in [-0.1, -0.05) is 42.5 Å². The van der Waals surface area contributed by atoms with E-state index in [4.69, 9.17) is 5.73 Å². The predicted molar refractivity (Wildman–Crippen MR) is 89.7 cm³/mol. The van der Waals surface area contributed by atoms with Gasteiger partial charge in [0.1, 0.15) is 0 Å². The summed E-state index contributed by atoms with van der Waals surface area (Å²) in [5.41, 5.74) is 7.75. The molecule has 23 heavy (non-hydrogen) atoms. The van der Waals surface area contributed by atoms with Gasteiger partial charge in [0.2, 0.25) is 5.91 Å². The largest absolute Gasteiger partial charge is 0.388 e. The number of aliphatic hydroxyl groups is 1. The van der Waals surface area contributed by atoms with Gasteiger partial charge in [0.05, 0.1) is 6.10 Å². The van der Waals surface area contributed by atoms with Crippen molar-refractivity contribution in [3.8, 4) is 0 Å². The van der Waals surface area contributed by atoms with Gasteiger partial charge in [0.25, 0.3) is 0 Å². The Morgan fingerprint density at radius 1 is 1.17 bits per heavy atom. The van der Waals surface area contributed by atoms with Gasteiger partial charge >= 0.3 is 0 Å². The number of amides is 1. The highest BCUT2D eigenvalue weighted by molar-refractivity contribution is 5.92. The van der Waals surface area contributed by atoms with Crippen LogP contribution in [0, 0.1) is 5.41 Å². The zero-order valence-corrected chi connectivity index (χ0v) is 13.0. The van der Waals surface area contributed by atoms with E-state index in [2.05, 4.69) is 5.32 Å². The second kappa shape index (κ2) is 6.52. The SMILES string of the molecule is NC(=O)c1cccc(CNCC2(C(O)c3ccccc3)CC2)c1. The minimum absolute atomic E-state index is 0.0668. The van der Waals surface area contributed by atoms with E-state index >= 15 is 0 Å². The maximum absolute atomic E-state index is 11.2. The quantitative estimate of drug-likeness (QED) is 0.735. The van der Waals surface area contributed by atoms with Crippen molar-refractivity contribution >= 4 is 5.91 Å². The predicted octanol–water partition coefficient (Wildman–Crippen LogP) is 2.39. The summed E-state index contributed by atoms with van der Waals surface area (Å²) in [7, 11) is 0. The van der Waals surface area contributed by atoms with Crippen LogP contribution in [0.2, 0.25) is 0 Å². The van der Waals surface area contributed by atoms with Gasteiger partial charge in [-0.2, -0.15) is 0 Å². The number of carbonyl (C=O) groups excluding carboxylic acids is 1. The Labute approximate surface area is 136 Å². The standard InChI is InChI=1S/C19H22N2O2/c20-18(23)16-8-4-5-14(11-16)12-21-13-19(9-10-19)17(22)15-6-2-1-3-7-15/h1-8,11,17,21-22H,9-10,12-13H2,(H2,20,23). The number of primary amides is 1. The first-order valence-corrected chi connectivity index (χ1v) is 7.93. The summed E-state index contributed by atoms with van der Waals surface area (Å²) in [5, 5.41) is 14.0. The van der Waals surface area contributed by atoms with E-state index in [0.717, 1.165) is 30.5 Å². The van der Waals surface area contributed by atoms with Gasteiger partial charge in [-0.05, 0) is 36.1 Å². The number of benzene rings is 2. The Hall–Kier alpha value is -2.17. The molecule has 4 heteroatoms. The molecule has 0 heterocycles. The van der Waals surface area contributed by atoms with Crippen LogP contribution in [0.25, 0.3) is 0 Å². The highest BCUT2D eigenvalue weighted by atomic mass is 16.3. The van der Waals surface area contributed by atoms with E-state index in [1.165, 1.54) is 0 Å². The summed E-state index contributed by atoms with van der Waals surface area (Å²) < 4.78 is 0. The first-order valence-electron chi connectivity index (χ1n) is 7.93. The first kappa shape index (κ1) is 15.7. The van der Waals surface area contributed by atoms with E-state index in [-0.39, 0.29) is 5.41 Å². The second-order valence-electron chi connectivity index (χ2n) is 6.34. The third-order valence-corrected chi connectivity index (χ3v) is 4.61. The Balaban J connectivity index is 1.58. The van der Waals surface area contributed by atoms with E-state index in [1.807, 2.05) is 48.5 Å². The first-order chi connectivity index (χ1) is 11.1. The molecule has 0 spiro atoms. The highest BCUT2D eigenvalue weighted by Crippen LogP contribution is 2.54. The Morgan fingerprint density at radius 3 is 2.57 bits per heavy atom. The lowest BCUT2D eigenvalue weighted by Gasteiger charge is -2.23. The second-order valence-corrected chi connectivity index (χ2v) is 6.34. The number of nitrogens with two attached hydrogens (primary N) is 1. The van der Waals surface area contributed by atoms with Gasteiger partial charge in [-0.15, -0.1) is 0 Å². The van der Waals surface area contributed by atoms with Crippen LogP contribution >= 0.6 is 0 Å². The summed E-state index contributed by atoms with van der Waals surface area (Å²) >= 11 is 0. The van der Waals surface area contributed by atoms with Crippen molar-refractivity contribution in [3.63, 3.8) is 0 Å². The number of carbonyl (C=O) groups is 1. The molecule has 2 aromatic carbocycles. The Kier molecular flexibility index (Phi) is 4.46. The average Bonchev–Trinajstić information content (AvgIpc) is 3.36. The monoisotopic (exact) mass is 310 g/mol. The average molecular weight is 310 g/mol. The van der Waals surface area contributed by atoms with Crippen molar-refractivity contribution < 1.29 is 9.90 Å². The van der Waals surface area contributed by atoms with Crippen molar-refractivity contribution in [2.45, 2.75) is 25.5 Å². The summed E-state index contributed by atoms with van der Waals surface area (Å²) in [6.07, 6.45) is 1.61. The molecule has 1 fully saturated rings. The maximum atomic E-state index is 11.2. The van der Waals surface area contributed by atoms with Crippen molar-refractivity contribution in [1.29, 1.82) is 0 Å². The molecule has 0 saturated heterocycles. The molecule has 0 bridgehead atoms. The third-order valence-electron chi connectivity index (χ3n) is 4.61. The number of aliphatic hydroxyl groups excluding tert-OH is 1. The molecule has 1 atom stereocenters. The van der Waals surface area contributed by atoms with Crippen LogP contribution in [0.3, 0.4) is 0 Å². The lowest BCUT2D eigenvalue weighted by molar-refractivity contribution is 0.0917. The van der Waals surface area contributed by atoms with Crippen LogP contribution in [0.4, 0.5) is 0 Å². The number of nitrogens with one attached hydrogen (secondary N) is 1. The van der Waals surface area contributed by atoms with Gasteiger partial charge in [0.15, 0.2) is 0 Å². The van der Waals surface area contributed by atoms with E-state index in [1.54, 1.807) is 6.07 Å². The van der Waals surface area contributed by atoms with Gasteiger partial charge in [0, 0.05) is 24.1 Å². The molecule has 3 rings (SSSR count). The fourth-order valence-electron chi connectivity index (χ4n) is 2.99. The molecule has 120 valence electrons. The fraction of sp³-hybridized carbons (Fsp3) is 0.316. The molecule has 4 nitrogen and oxygen atoms in total. The van der Waals surface area contributed by atoms with E-state index in [9.17, 15) is 9.90 Å². The summed E-state index contributed by atoms with van der Waals surface area (Å²) in [4.78, 5) is 11.2. The molecule has 2 aromatic rings. The van der Waals surface area contributed by atoms with Crippen LogP contribution in [0.5, 0.6) is 0 Å². The molecule has 1 aliphatic rings. The topological polar surface area (TPSA) is 75.4 Å². The van der Waals surface area contributed by atoms with Crippen molar-refractivity contribution in [2.75, 3.05) is 6.54 Å². The van der Waals surface area contributed by atoms with Crippen LogP contribution in [0.1, 0.15) is 40.4 Å². The van der Waals surface area contributed by atoms with Crippen LogP contribution in [-0.2, 0) is 6.54 Å². The summed E-state index contributed by atoms with van der Waals surface area (Å²) in [5.74, 6) is -0.412. The van der Waals surface area contributed by atoms with Gasteiger partial charge < -0.3 is 16.2 Å². The lowest BCUT2D eigenvalue weighted by Crippen LogP contribution is -2.28. The van der Waals surface area contributed by atoms with Crippen molar-refractivity contribution in [3.05, 3.63) is 71.3 Å². The minimum Gasteiger partial charge on any atom is -0.388 e. The Bertz CT molecular complexity index is 681. The third kappa shape index (κ3) is 3.60. The Morgan fingerprint density at radius 2 is 1.91 bits per heavy atom. The normalized spacial score (nSPS) is 16.7. The molecule has 0 radical (unpaired) electrons. The van der Waals surface area contributed by atoms with Crippen molar-refractivity contribution in [1.82, 2.24) is 5.32 Å². The smallest absolute Gasteiger partial charge is 0.248 e. The van der Waals surface area contributed by atoms with E-state index in [0.29, 0.717) is 12.1 Å². The summed E-state index contributed by atoms with van der Waals surface area (Å²) in [6.45, 7) is 1.41. The zero-order valence-electron chi connectivity index (χ0n) is 13.0. The van der Waals surface area contributed by atoms with Crippen LogP contribution in [-0.4, -0.2) is 17.6 Å². The molecular weight excluding hydrogens is 288 g/mol. The molecule has 0 aromatic heterocycles. The maximum Gasteiger partial charge on any atom is 0.248 e. The molecule has 0 aliphatic heterocycles. The van der Waals surface area contributed by atoms with Crippen molar-refractivity contribution in [2.24, 2.45) is 11.1 Å². The number of hydrogen-bond donors (Lipinski definition) is 3. The number of hydrogen-bond acceptors (Lipinski definition) is 3. The van der Waals surface area contributed by atoms with Gasteiger partial charge in [-0.25, -0.2) is 0 Å². The van der Waals surface area contributed by atoms with Crippen LogP contribution in [0.15, 0.2) is 54.6 Å². The molecule has 4 N–H and O–H groups in total. The molecule has 1 saturated carbocycles. The van der Waals surface area contributed by atoms with E-state index < -0.39 is 12.0 Å². The molecule has 1 unspecified atom stereocenters. The minimum atomic E-state index is -0.437. The van der Waals surface area contributed by atoms with Gasteiger partial charge in [-0.3, -0.25) is 4.79 Å². The van der Waals surface area contributed by atoms with Crippen LogP contribution < -0.4 is 11.1 Å². The molecule has 1 amide bonds. The number of rotatable bonds is 7.